The molecule has 0 unspecified atom stereocenters. The van der Waals surface area contributed by atoms with Crippen molar-refractivity contribution in [2.45, 2.75) is 11.6 Å². The lowest BCUT2D eigenvalue weighted by Crippen LogP contribution is -2.07. The summed E-state index contributed by atoms with van der Waals surface area (Å²) in [5.41, 5.74) is -0.0865. The number of benzene rings is 1. The molecule has 0 atom stereocenters. The van der Waals surface area contributed by atoms with Gasteiger partial charge in [-0.05, 0) is 12.1 Å². The molecule has 0 amide bonds. The van der Waals surface area contributed by atoms with Crippen LogP contribution in [0.5, 0.6) is 0 Å². The molecule has 0 spiro atoms. The Balaban J connectivity index is 2.66. The quantitative estimate of drug-likeness (QED) is 0.860. The zero-order valence-corrected chi connectivity index (χ0v) is 10.2. The molecular formula is C11H10F2N2O2S. The normalized spacial score (nSPS) is 12.0. The molecule has 0 aliphatic rings. The van der Waals surface area contributed by atoms with Crippen molar-refractivity contribution in [2.24, 2.45) is 0 Å². The highest BCUT2D eigenvalue weighted by Crippen LogP contribution is 2.23. The van der Waals surface area contributed by atoms with Crippen molar-refractivity contribution in [2.75, 3.05) is 6.26 Å². The summed E-state index contributed by atoms with van der Waals surface area (Å²) in [5, 5.41) is -0.385. The van der Waals surface area contributed by atoms with Crippen LogP contribution in [0.3, 0.4) is 0 Å². The van der Waals surface area contributed by atoms with Gasteiger partial charge in [0, 0.05) is 18.1 Å². The first kappa shape index (κ1) is 12.7. The predicted octanol–water partition coefficient (Wildman–Crippen LogP) is 2.21. The van der Waals surface area contributed by atoms with E-state index in [1.54, 1.807) is 30.3 Å². The number of nitrogens with zero attached hydrogens (tertiary/aromatic N) is 2. The number of halogens is 2. The van der Waals surface area contributed by atoms with Gasteiger partial charge in [-0.2, -0.15) is 0 Å². The fourth-order valence-electron chi connectivity index (χ4n) is 1.52. The van der Waals surface area contributed by atoms with Gasteiger partial charge in [-0.1, -0.05) is 18.2 Å². The molecule has 1 heterocycles. The van der Waals surface area contributed by atoms with E-state index in [1.807, 2.05) is 0 Å². The lowest BCUT2D eigenvalue weighted by atomic mass is 10.3. The van der Waals surface area contributed by atoms with Crippen molar-refractivity contribution in [3.63, 3.8) is 0 Å². The van der Waals surface area contributed by atoms with Crippen molar-refractivity contribution in [3.8, 4) is 5.69 Å². The number of alkyl halides is 2. The highest BCUT2D eigenvalue weighted by Gasteiger charge is 2.22. The second kappa shape index (κ2) is 4.49. The van der Waals surface area contributed by atoms with Gasteiger partial charge in [-0.15, -0.1) is 0 Å². The van der Waals surface area contributed by atoms with Crippen molar-refractivity contribution in [1.82, 2.24) is 9.55 Å². The SMILES string of the molecule is CS(=O)(=O)c1nc(C(F)F)cn1-c1ccccc1. The van der Waals surface area contributed by atoms with Crippen LogP contribution >= 0.6 is 0 Å². The minimum atomic E-state index is -3.68. The van der Waals surface area contributed by atoms with Crippen LogP contribution in [0.1, 0.15) is 12.1 Å². The molecule has 1 aromatic heterocycles. The minimum absolute atomic E-state index is 0.385. The Labute approximate surface area is 103 Å². The molecule has 0 saturated heterocycles. The summed E-state index contributed by atoms with van der Waals surface area (Å²) in [6, 6.07) is 8.35. The van der Waals surface area contributed by atoms with Crippen LogP contribution in [0.15, 0.2) is 41.7 Å². The first-order chi connectivity index (χ1) is 8.39. The van der Waals surface area contributed by atoms with E-state index < -0.39 is 22.0 Å². The Morgan fingerprint density at radius 3 is 2.33 bits per heavy atom. The number of sulfone groups is 1. The van der Waals surface area contributed by atoms with Crippen LogP contribution in [0.2, 0.25) is 0 Å². The molecule has 0 fully saturated rings. The molecule has 4 nitrogen and oxygen atoms in total. The second-order valence-electron chi connectivity index (χ2n) is 3.73. The van der Waals surface area contributed by atoms with E-state index in [9.17, 15) is 17.2 Å². The molecule has 2 rings (SSSR count). The third kappa shape index (κ3) is 2.40. The van der Waals surface area contributed by atoms with E-state index in [-0.39, 0.29) is 5.16 Å². The summed E-state index contributed by atoms with van der Waals surface area (Å²) in [4.78, 5) is 3.48. The summed E-state index contributed by atoms with van der Waals surface area (Å²) in [6.45, 7) is 0. The van der Waals surface area contributed by atoms with E-state index in [0.717, 1.165) is 17.0 Å². The summed E-state index contributed by atoms with van der Waals surface area (Å²) < 4.78 is 49.4. The standard InChI is InChI=1S/C11H10F2N2O2S/c1-18(16,17)11-14-9(10(12)13)7-15(11)8-5-3-2-4-6-8/h2-7,10H,1H3. The highest BCUT2D eigenvalue weighted by molar-refractivity contribution is 7.90. The van der Waals surface area contributed by atoms with Crippen LogP contribution in [0.4, 0.5) is 8.78 Å². The number of imidazole rings is 1. The lowest BCUT2D eigenvalue weighted by Gasteiger charge is -2.05. The maximum Gasteiger partial charge on any atom is 0.281 e. The lowest BCUT2D eigenvalue weighted by molar-refractivity contribution is 0.146. The summed E-state index contributed by atoms with van der Waals surface area (Å²) in [6.07, 6.45) is -0.837. The van der Waals surface area contributed by atoms with Gasteiger partial charge in [0.05, 0.1) is 0 Å². The Bertz CT molecular complexity index is 651. The van der Waals surface area contributed by atoms with Crippen LogP contribution in [0, 0.1) is 0 Å². The van der Waals surface area contributed by atoms with Gasteiger partial charge < -0.3 is 0 Å². The van der Waals surface area contributed by atoms with Crippen molar-refractivity contribution >= 4 is 9.84 Å². The molecule has 18 heavy (non-hydrogen) atoms. The van der Waals surface area contributed by atoms with Crippen LogP contribution in [-0.2, 0) is 9.84 Å². The van der Waals surface area contributed by atoms with Crippen LogP contribution in [-0.4, -0.2) is 24.2 Å². The van der Waals surface area contributed by atoms with Gasteiger partial charge in [0.15, 0.2) is 0 Å². The minimum Gasteiger partial charge on any atom is -0.290 e. The smallest absolute Gasteiger partial charge is 0.281 e. The molecule has 96 valence electrons. The summed E-state index contributed by atoms with van der Waals surface area (Å²) in [5.74, 6) is 0. The molecule has 0 radical (unpaired) electrons. The third-order valence-corrected chi connectivity index (χ3v) is 3.23. The van der Waals surface area contributed by atoms with Gasteiger partial charge >= 0.3 is 0 Å². The number of rotatable bonds is 3. The molecule has 0 bridgehead atoms. The Kier molecular flexibility index (Phi) is 3.16. The average Bonchev–Trinajstić information content (AvgIpc) is 2.74. The number of aromatic nitrogens is 2. The average molecular weight is 272 g/mol. The van der Waals surface area contributed by atoms with E-state index in [1.165, 1.54) is 0 Å². The van der Waals surface area contributed by atoms with Gasteiger partial charge in [0.1, 0.15) is 5.69 Å². The van der Waals surface area contributed by atoms with E-state index in [0.29, 0.717) is 5.69 Å². The molecule has 0 aliphatic carbocycles. The van der Waals surface area contributed by atoms with Gasteiger partial charge in [0.2, 0.25) is 15.0 Å². The van der Waals surface area contributed by atoms with Gasteiger partial charge in [0.25, 0.3) is 6.43 Å². The van der Waals surface area contributed by atoms with Crippen molar-refractivity contribution in [1.29, 1.82) is 0 Å². The first-order valence-corrected chi connectivity index (χ1v) is 6.91. The predicted molar refractivity (Wildman–Crippen MR) is 61.6 cm³/mol. The Hall–Kier alpha value is -1.76. The fraction of sp³-hybridized carbons (Fsp3) is 0.182. The fourth-order valence-corrected chi connectivity index (χ4v) is 2.31. The molecule has 1 aromatic carbocycles. The summed E-state index contributed by atoms with van der Waals surface area (Å²) >= 11 is 0. The zero-order chi connectivity index (χ0) is 13.3. The largest absolute Gasteiger partial charge is 0.290 e. The third-order valence-electron chi connectivity index (χ3n) is 2.28. The maximum atomic E-state index is 12.6. The molecule has 0 saturated carbocycles. The maximum absolute atomic E-state index is 12.6. The van der Waals surface area contributed by atoms with Crippen LogP contribution < -0.4 is 0 Å². The number of para-hydroxylation sites is 1. The highest BCUT2D eigenvalue weighted by atomic mass is 32.2. The van der Waals surface area contributed by atoms with Crippen molar-refractivity contribution in [3.05, 3.63) is 42.2 Å². The van der Waals surface area contributed by atoms with Gasteiger partial charge in [-0.25, -0.2) is 22.2 Å². The Morgan fingerprint density at radius 2 is 1.83 bits per heavy atom. The molecular weight excluding hydrogens is 262 g/mol. The monoisotopic (exact) mass is 272 g/mol. The molecule has 2 aromatic rings. The topological polar surface area (TPSA) is 52.0 Å². The molecule has 0 N–H and O–H groups in total. The van der Waals surface area contributed by atoms with E-state index >= 15 is 0 Å². The zero-order valence-electron chi connectivity index (χ0n) is 9.42. The van der Waals surface area contributed by atoms with E-state index in [4.69, 9.17) is 0 Å². The number of hydrogen-bond acceptors (Lipinski definition) is 3. The summed E-state index contributed by atoms with van der Waals surface area (Å²) in [7, 11) is -3.68. The number of hydrogen-bond donors (Lipinski definition) is 0. The molecule has 7 heteroatoms. The van der Waals surface area contributed by atoms with E-state index in [2.05, 4.69) is 4.98 Å². The second-order valence-corrected chi connectivity index (χ2v) is 5.64. The van der Waals surface area contributed by atoms with Crippen molar-refractivity contribution < 1.29 is 17.2 Å². The van der Waals surface area contributed by atoms with Gasteiger partial charge in [-0.3, -0.25) is 4.57 Å². The molecule has 0 aliphatic heterocycles. The Morgan fingerprint density at radius 1 is 1.22 bits per heavy atom. The first-order valence-electron chi connectivity index (χ1n) is 5.02. The van der Waals surface area contributed by atoms with Crippen LogP contribution in [0.25, 0.3) is 5.69 Å².